The third-order valence-corrected chi connectivity index (χ3v) is 9.43. The maximum Gasteiger partial charge on any atom is 0.171 e. The molecular formula is C36H38O8S. The van der Waals surface area contributed by atoms with Gasteiger partial charge in [-0.2, -0.15) is 0 Å². The zero-order valence-corrected chi connectivity index (χ0v) is 26.5. The van der Waals surface area contributed by atoms with Gasteiger partial charge in [0.25, 0.3) is 0 Å². The molecule has 0 radical (unpaired) electrons. The molecule has 0 spiro atoms. The van der Waals surface area contributed by atoms with Crippen molar-refractivity contribution in [3.8, 4) is 34.5 Å². The van der Waals surface area contributed by atoms with Crippen LogP contribution in [0.5, 0.6) is 34.5 Å². The molecule has 2 unspecified atom stereocenters. The molecule has 2 N–H and O–H groups in total. The summed E-state index contributed by atoms with van der Waals surface area (Å²) in [5, 5.41) is 19.3. The Morgan fingerprint density at radius 3 is 1.33 bits per heavy atom. The van der Waals surface area contributed by atoms with Gasteiger partial charge in [0.15, 0.2) is 32.8 Å². The summed E-state index contributed by atoms with van der Waals surface area (Å²) in [6.07, 6.45) is 6.27. The first kappa shape index (κ1) is 33.0. The Morgan fingerprint density at radius 1 is 0.622 bits per heavy atom. The van der Waals surface area contributed by atoms with Gasteiger partial charge in [-0.25, -0.2) is 8.42 Å². The average molecular weight is 631 g/mol. The van der Waals surface area contributed by atoms with Crippen molar-refractivity contribution < 1.29 is 37.6 Å². The Morgan fingerprint density at radius 2 is 1.00 bits per heavy atom. The normalized spacial score (nSPS) is 13.1. The Balaban J connectivity index is 1.86. The minimum Gasteiger partial charge on any atom is -0.504 e. The highest BCUT2D eigenvalue weighted by Gasteiger charge is 2.34. The summed E-state index contributed by atoms with van der Waals surface area (Å²) in [6, 6.07) is 23.7. The maximum absolute atomic E-state index is 14.8. The van der Waals surface area contributed by atoms with Crippen molar-refractivity contribution in [2.24, 2.45) is 0 Å². The first-order valence-electron chi connectivity index (χ1n) is 14.5. The number of rotatable bonds is 14. The smallest absolute Gasteiger partial charge is 0.171 e. The molecule has 0 heterocycles. The van der Waals surface area contributed by atoms with Gasteiger partial charge in [0.1, 0.15) is 22.0 Å². The number of phenols is 2. The van der Waals surface area contributed by atoms with Crippen LogP contribution in [0.4, 0.5) is 0 Å². The van der Waals surface area contributed by atoms with Crippen LogP contribution in [-0.2, 0) is 9.84 Å². The third kappa shape index (κ3) is 7.80. The molecule has 236 valence electrons. The van der Waals surface area contributed by atoms with E-state index < -0.39 is 20.3 Å². The lowest BCUT2D eigenvalue weighted by atomic mass is 10.1. The number of para-hydroxylation sites is 2. The van der Waals surface area contributed by atoms with Gasteiger partial charge in [-0.05, 0) is 61.4 Å². The second-order valence-electron chi connectivity index (χ2n) is 9.95. The number of phenolic OH excluding ortho intramolecular Hbond substituents is 2. The quantitative estimate of drug-likeness (QED) is 0.147. The summed E-state index contributed by atoms with van der Waals surface area (Å²) in [7, 11) is -1.02. The topological polar surface area (TPSA) is 112 Å². The van der Waals surface area contributed by atoms with Crippen molar-refractivity contribution in [1.29, 1.82) is 0 Å². The van der Waals surface area contributed by atoms with Crippen molar-refractivity contribution in [3.63, 3.8) is 0 Å². The number of aromatic hydroxyl groups is 2. The van der Waals surface area contributed by atoms with Gasteiger partial charge in [-0.3, -0.25) is 0 Å². The molecule has 0 saturated carbocycles. The van der Waals surface area contributed by atoms with E-state index in [9.17, 15) is 18.6 Å². The molecule has 4 aromatic rings. The van der Waals surface area contributed by atoms with E-state index >= 15 is 0 Å². The van der Waals surface area contributed by atoms with Crippen LogP contribution in [-0.4, -0.2) is 46.1 Å². The fraction of sp³-hybridized carbons (Fsp3) is 0.222. The van der Waals surface area contributed by atoms with E-state index in [0.717, 1.165) is 0 Å². The number of ether oxygens (including phenoxy) is 4. The number of hydrogen-bond acceptors (Lipinski definition) is 8. The number of hydrogen-bond donors (Lipinski definition) is 2. The summed E-state index contributed by atoms with van der Waals surface area (Å²) in [4.78, 5) is 0. The fourth-order valence-electron chi connectivity index (χ4n) is 4.84. The van der Waals surface area contributed by atoms with Gasteiger partial charge in [-0.15, -0.1) is 0 Å². The van der Waals surface area contributed by atoms with E-state index in [1.807, 2.05) is 13.8 Å². The Labute approximate surface area is 264 Å². The second kappa shape index (κ2) is 15.2. The lowest BCUT2D eigenvalue weighted by Crippen LogP contribution is -2.19. The molecule has 0 fully saturated rings. The van der Waals surface area contributed by atoms with Gasteiger partial charge >= 0.3 is 0 Å². The van der Waals surface area contributed by atoms with Crippen LogP contribution in [0.15, 0.2) is 97.1 Å². The van der Waals surface area contributed by atoms with Gasteiger partial charge in [0, 0.05) is 11.1 Å². The Bertz CT molecular complexity index is 1600. The molecule has 4 rings (SSSR count). The molecule has 9 heteroatoms. The maximum atomic E-state index is 14.8. The highest BCUT2D eigenvalue weighted by molar-refractivity contribution is 7.92. The molecule has 0 aliphatic heterocycles. The van der Waals surface area contributed by atoms with Crippen molar-refractivity contribution in [1.82, 2.24) is 0 Å². The molecule has 4 aromatic carbocycles. The van der Waals surface area contributed by atoms with Crippen molar-refractivity contribution in [3.05, 3.63) is 119 Å². The fourth-order valence-corrected chi connectivity index (χ4v) is 6.82. The molecule has 0 saturated heterocycles. The van der Waals surface area contributed by atoms with Crippen LogP contribution in [0.3, 0.4) is 0 Å². The number of methoxy groups -OCH3 is 2. The van der Waals surface area contributed by atoms with Crippen molar-refractivity contribution in [2.45, 2.75) is 24.3 Å². The molecule has 2 atom stereocenters. The van der Waals surface area contributed by atoms with E-state index in [-0.39, 0.29) is 11.5 Å². The molecule has 0 aromatic heterocycles. The van der Waals surface area contributed by atoms with E-state index in [1.54, 1.807) is 109 Å². The van der Waals surface area contributed by atoms with Crippen LogP contribution in [0.25, 0.3) is 12.2 Å². The Kier molecular flexibility index (Phi) is 11.2. The van der Waals surface area contributed by atoms with Crippen LogP contribution < -0.4 is 18.9 Å². The predicted octanol–water partition coefficient (Wildman–Crippen LogP) is 7.54. The van der Waals surface area contributed by atoms with E-state index in [1.165, 1.54) is 14.2 Å². The molecule has 45 heavy (non-hydrogen) atoms. The lowest BCUT2D eigenvalue weighted by Gasteiger charge is -2.22. The minimum absolute atomic E-state index is 0.0854. The van der Waals surface area contributed by atoms with Gasteiger partial charge in [0.05, 0.1) is 27.4 Å². The number of benzene rings is 4. The molecular weight excluding hydrogens is 592 g/mol. The summed E-state index contributed by atoms with van der Waals surface area (Å²) < 4.78 is 51.2. The second-order valence-corrected chi connectivity index (χ2v) is 12.1. The minimum atomic E-state index is -4.10. The van der Waals surface area contributed by atoms with Gasteiger partial charge in [0.2, 0.25) is 0 Å². The van der Waals surface area contributed by atoms with Crippen molar-refractivity contribution >= 4 is 22.0 Å². The number of sulfone groups is 1. The predicted molar refractivity (Wildman–Crippen MR) is 177 cm³/mol. The van der Waals surface area contributed by atoms with Crippen LogP contribution >= 0.6 is 0 Å². The highest BCUT2D eigenvalue weighted by atomic mass is 32.2. The highest BCUT2D eigenvalue weighted by Crippen LogP contribution is 2.40. The van der Waals surface area contributed by atoms with Crippen LogP contribution in [0.2, 0.25) is 0 Å². The Hall–Kier alpha value is -4.89. The molecule has 0 bridgehead atoms. The van der Waals surface area contributed by atoms with E-state index in [0.29, 0.717) is 58.5 Å². The standard InChI is InChI=1S/C36H38O8S/c1-5-43-31-11-7-9-27(35(31)37)17-23-33(25-13-19-29(41-3)20-14-25)45(39,40)34(26-15-21-30(42-4)22-16-26)24-18-28-10-8-12-32(36(28)38)44-6-2/h7-24,33-34,37-38H,5-6H2,1-4H3/b23-17+,24-18+. The largest absolute Gasteiger partial charge is 0.504 e. The summed E-state index contributed by atoms with van der Waals surface area (Å²) in [5.74, 6) is 1.60. The molecule has 0 aliphatic rings. The molecule has 0 amide bonds. The monoisotopic (exact) mass is 630 g/mol. The summed E-state index contributed by atoms with van der Waals surface area (Å²) >= 11 is 0. The van der Waals surface area contributed by atoms with Crippen LogP contribution in [0, 0.1) is 0 Å². The molecule has 8 nitrogen and oxygen atoms in total. The first-order chi connectivity index (χ1) is 21.7. The zero-order valence-electron chi connectivity index (χ0n) is 25.7. The van der Waals surface area contributed by atoms with E-state index in [2.05, 4.69) is 0 Å². The summed E-state index contributed by atoms with van der Waals surface area (Å²) in [5.41, 5.74) is 1.81. The average Bonchev–Trinajstić information content (AvgIpc) is 3.05. The van der Waals surface area contributed by atoms with Gasteiger partial charge < -0.3 is 29.2 Å². The SMILES string of the molecule is CCOc1cccc(/C=C/C(c2ccc(OC)cc2)S(=O)(=O)C(/C=C/c2cccc(OCC)c2O)c2ccc(OC)cc2)c1O. The zero-order chi connectivity index (χ0) is 32.4. The van der Waals surface area contributed by atoms with Crippen molar-refractivity contribution in [2.75, 3.05) is 27.4 Å². The first-order valence-corrected chi connectivity index (χ1v) is 16.1. The van der Waals surface area contributed by atoms with Crippen LogP contribution in [0.1, 0.15) is 46.6 Å². The third-order valence-electron chi connectivity index (χ3n) is 7.16. The lowest BCUT2D eigenvalue weighted by molar-refractivity contribution is 0.318. The molecule has 0 aliphatic carbocycles. The van der Waals surface area contributed by atoms with E-state index in [4.69, 9.17) is 18.9 Å². The van der Waals surface area contributed by atoms with Gasteiger partial charge in [-0.1, -0.05) is 72.8 Å². The summed E-state index contributed by atoms with van der Waals surface area (Å²) in [6.45, 7) is 4.35.